The normalized spacial score (nSPS) is 14.2. The van der Waals surface area contributed by atoms with Crippen molar-refractivity contribution in [2.75, 3.05) is 6.73 Å². The molecule has 0 saturated heterocycles. The third-order valence-corrected chi connectivity index (χ3v) is 2.75. The van der Waals surface area contributed by atoms with E-state index in [1.807, 2.05) is 39.8 Å². The lowest BCUT2D eigenvalue weighted by Crippen LogP contribution is -2.29. The number of hydrogen-bond acceptors (Lipinski definition) is 4. The molecule has 1 unspecified atom stereocenters. The molecule has 0 aromatic heterocycles. The van der Waals surface area contributed by atoms with Crippen molar-refractivity contribution in [3.63, 3.8) is 0 Å². The van der Waals surface area contributed by atoms with Crippen molar-refractivity contribution in [2.24, 2.45) is 10.4 Å². The number of rotatable bonds is 7. The molecule has 0 saturated carbocycles. The lowest BCUT2D eigenvalue weighted by molar-refractivity contribution is -0.00719. The number of nitrogens with zero attached hydrogens (tertiary/aromatic N) is 1. The first-order valence-corrected chi connectivity index (χ1v) is 7.01. The zero-order chi connectivity index (χ0) is 15.4. The van der Waals surface area contributed by atoms with Crippen molar-refractivity contribution < 1.29 is 14.3 Å². The van der Waals surface area contributed by atoms with Crippen LogP contribution in [0.15, 0.2) is 29.3 Å². The quantitative estimate of drug-likeness (QED) is 0.392. The molecule has 0 aliphatic carbocycles. The highest BCUT2D eigenvalue weighted by molar-refractivity contribution is 5.71. The minimum absolute atomic E-state index is 0.0230. The van der Waals surface area contributed by atoms with Crippen molar-refractivity contribution in [1.82, 2.24) is 0 Å². The Labute approximate surface area is 122 Å². The maximum Gasteiger partial charge on any atom is 0.510 e. The van der Waals surface area contributed by atoms with Gasteiger partial charge in [-0.25, -0.2) is 4.79 Å². The molecule has 0 radical (unpaired) electrons. The van der Waals surface area contributed by atoms with Gasteiger partial charge in [0.15, 0.2) is 6.73 Å². The van der Waals surface area contributed by atoms with Crippen LogP contribution in [0.4, 0.5) is 4.79 Å². The highest BCUT2D eigenvalue weighted by atomic mass is 16.7. The molecular formula is C16H27NO3. The smallest absolute Gasteiger partial charge is 0.431 e. The Kier molecular flexibility index (Phi) is 9.43. The predicted molar refractivity (Wildman–Crippen MR) is 83.0 cm³/mol. The molecule has 4 heteroatoms. The number of carbonyl (C=O) groups excluding carboxylic acids is 1. The van der Waals surface area contributed by atoms with Crippen LogP contribution in [0.1, 0.15) is 47.5 Å². The molecule has 0 aromatic carbocycles. The van der Waals surface area contributed by atoms with E-state index in [2.05, 4.69) is 24.1 Å². The van der Waals surface area contributed by atoms with Gasteiger partial charge in [-0.15, -0.1) is 0 Å². The molecule has 0 amide bonds. The standard InChI is InChI=1S/C16H27NO3/c1-6-7-8-9-10-11-12-17-13-19-15(18)20-14(2)16(3,4)5/h7-8,10-12,14H,6,9,13H2,1-5H3/b8-7-,11-10-,17-12-. The van der Waals surface area contributed by atoms with Gasteiger partial charge in [0, 0.05) is 6.21 Å². The molecule has 114 valence electrons. The van der Waals surface area contributed by atoms with Crippen LogP contribution < -0.4 is 0 Å². The number of hydrogen-bond donors (Lipinski definition) is 0. The molecule has 0 heterocycles. The fourth-order valence-electron chi connectivity index (χ4n) is 1.03. The Balaban J connectivity index is 3.78. The van der Waals surface area contributed by atoms with E-state index in [4.69, 9.17) is 9.47 Å². The number of carbonyl (C=O) groups is 1. The largest absolute Gasteiger partial charge is 0.510 e. The van der Waals surface area contributed by atoms with Crippen molar-refractivity contribution in [2.45, 2.75) is 53.6 Å². The first kappa shape index (κ1) is 18.4. The minimum atomic E-state index is -0.681. The molecule has 0 aliphatic rings. The molecule has 0 fully saturated rings. The van der Waals surface area contributed by atoms with E-state index in [-0.39, 0.29) is 18.2 Å². The predicted octanol–water partition coefficient (Wildman–Crippen LogP) is 4.52. The van der Waals surface area contributed by atoms with E-state index in [0.29, 0.717) is 0 Å². The summed E-state index contributed by atoms with van der Waals surface area (Å²) in [5.41, 5.74) is -0.100. The molecule has 0 N–H and O–H groups in total. The van der Waals surface area contributed by atoms with Crippen LogP contribution in [-0.4, -0.2) is 25.2 Å². The van der Waals surface area contributed by atoms with Crippen molar-refractivity contribution >= 4 is 12.4 Å². The fraction of sp³-hybridized carbons (Fsp3) is 0.625. The second-order valence-electron chi connectivity index (χ2n) is 5.52. The summed E-state index contributed by atoms with van der Waals surface area (Å²) >= 11 is 0. The molecule has 0 aromatic rings. The van der Waals surface area contributed by atoms with Gasteiger partial charge < -0.3 is 9.47 Å². The molecule has 20 heavy (non-hydrogen) atoms. The summed E-state index contributed by atoms with van der Waals surface area (Å²) in [6.45, 7) is 9.92. The second-order valence-corrected chi connectivity index (χ2v) is 5.52. The molecular weight excluding hydrogens is 254 g/mol. The lowest BCUT2D eigenvalue weighted by Gasteiger charge is -2.26. The maximum absolute atomic E-state index is 11.4. The molecule has 1 atom stereocenters. The van der Waals surface area contributed by atoms with Gasteiger partial charge in [0.2, 0.25) is 0 Å². The summed E-state index contributed by atoms with van der Waals surface area (Å²) in [6, 6.07) is 0. The van der Waals surface area contributed by atoms with E-state index < -0.39 is 6.16 Å². The number of aliphatic imine (C=N–C) groups is 1. The zero-order valence-electron chi connectivity index (χ0n) is 13.3. The third kappa shape index (κ3) is 10.4. The van der Waals surface area contributed by atoms with Crippen LogP contribution >= 0.6 is 0 Å². The van der Waals surface area contributed by atoms with E-state index in [9.17, 15) is 4.79 Å². The lowest BCUT2D eigenvalue weighted by atomic mass is 9.90. The SMILES string of the molecule is CC/C=C\C/C=C\C=N/COC(=O)OC(C)C(C)(C)C. The molecule has 0 spiro atoms. The Morgan fingerprint density at radius 1 is 1.25 bits per heavy atom. The molecule has 4 nitrogen and oxygen atoms in total. The Hall–Kier alpha value is -1.58. The number of ether oxygens (including phenoxy) is 2. The summed E-state index contributed by atoms with van der Waals surface area (Å²) in [5.74, 6) is 0. The van der Waals surface area contributed by atoms with Gasteiger partial charge in [0.05, 0.1) is 0 Å². The topological polar surface area (TPSA) is 47.9 Å². The maximum atomic E-state index is 11.4. The summed E-state index contributed by atoms with van der Waals surface area (Å²) in [6.07, 6.45) is 10.7. The van der Waals surface area contributed by atoms with Crippen molar-refractivity contribution in [3.8, 4) is 0 Å². The van der Waals surface area contributed by atoms with Crippen LogP contribution in [0.2, 0.25) is 0 Å². The third-order valence-electron chi connectivity index (χ3n) is 2.75. The summed E-state index contributed by atoms with van der Waals surface area (Å²) < 4.78 is 9.97. The van der Waals surface area contributed by atoms with E-state index in [1.165, 1.54) is 0 Å². The van der Waals surface area contributed by atoms with Gasteiger partial charge in [0.25, 0.3) is 0 Å². The van der Waals surface area contributed by atoms with E-state index in [1.54, 1.807) is 6.21 Å². The van der Waals surface area contributed by atoms with Gasteiger partial charge in [0.1, 0.15) is 6.10 Å². The highest BCUT2D eigenvalue weighted by Crippen LogP contribution is 2.21. The van der Waals surface area contributed by atoms with Crippen molar-refractivity contribution in [3.05, 3.63) is 24.3 Å². The Morgan fingerprint density at radius 2 is 1.95 bits per heavy atom. The van der Waals surface area contributed by atoms with Crippen LogP contribution in [0, 0.1) is 5.41 Å². The zero-order valence-corrected chi connectivity index (χ0v) is 13.3. The molecule has 0 bridgehead atoms. The second kappa shape index (κ2) is 10.2. The van der Waals surface area contributed by atoms with Crippen molar-refractivity contribution in [1.29, 1.82) is 0 Å². The van der Waals surface area contributed by atoms with Gasteiger partial charge >= 0.3 is 6.16 Å². The van der Waals surface area contributed by atoms with Crippen LogP contribution in [0.25, 0.3) is 0 Å². The summed E-state index contributed by atoms with van der Waals surface area (Å²) in [4.78, 5) is 15.3. The molecule has 0 rings (SSSR count). The minimum Gasteiger partial charge on any atom is -0.431 e. The van der Waals surface area contributed by atoms with E-state index in [0.717, 1.165) is 12.8 Å². The first-order valence-electron chi connectivity index (χ1n) is 7.01. The van der Waals surface area contributed by atoms with Gasteiger partial charge in [-0.2, -0.15) is 0 Å². The highest BCUT2D eigenvalue weighted by Gasteiger charge is 2.24. The van der Waals surface area contributed by atoms with Crippen LogP contribution in [0.3, 0.4) is 0 Å². The number of allylic oxidation sites excluding steroid dienone is 4. The fourth-order valence-corrected chi connectivity index (χ4v) is 1.03. The van der Waals surface area contributed by atoms with Crippen LogP contribution in [0.5, 0.6) is 0 Å². The summed E-state index contributed by atoms with van der Waals surface area (Å²) in [5, 5.41) is 0. The van der Waals surface area contributed by atoms with Gasteiger partial charge in [-0.05, 0) is 31.3 Å². The van der Waals surface area contributed by atoms with Crippen LogP contribution in [-0.2, 0) is 9.47 Å². The molecule has 0 aliphatic heterocycles. The monoisotopic (exact) mass is 281 g/mol. The van der Waals surface area contributed by atoms with Gasteiger partial charge in [-0.3, -0.25) is 4.99 Å². The average molecular weight is 281 g/mol. The average Bonchev–Trinajstić information content (AvgIpc) is 2.35. The Morgan fingerprint density at radius 3 is 2.55 bits per heavy atom. The van der Waals surface area contributed by atoms with Gasteiger partial charge in [-0.1, -0.05) is 45.9 Å². The summed E-state index contributed by atoms with van der Waals surface area (Å²) in [7, 11) is 0. The first-order chi connectivity index (χ1) is 9.38. The van der Waals surface area contributed by atoms with E-state index >= 15 is 0 Å². The Bertz CT molecular complexity index is 351.